The first-order valence-electron chi connectivity index (χ1n) is 8.85. The standard InChI is InChI=1S/C21H15ClN4OS/c22-14-3-5-15(6-4-14)28-19-16-2-1-9-24-20(16)25-18(19)21(27)26-11-8-13-7-10-23-12-17(13)26/h1-7,9-10,12H,8,11H2,(H,24,25). The number of carbonyl (C=O) groups excluding carboxylic acids is 1. The minimum absolute atomic E-state index is 0.0683. The van der Waals surface area contributed by atoms with Gasteiger partial charge >= 0.3 is 0 Å². The van der Waals surface area contributed by atoms with Crippen LogP contribution in [0, 0.1) is 0 Å². The highest BCUT2D eigenvalue weighted by atomic mass is 35.5. The van der Waals surface area contributed by atoms with E-state index >= 15 is 0 Å². The van der Waals surface area contributed by atoms with E-state index in [1.165, 1.54) is 11.8 Å². The highest BCUT2D eigenvalue weighted by Crippen LogP contribution is 2.38. The Kier molecular flexibility index (Phi) is 4.30. The summed E-state index contributed by atoms with van der Waals surface area (Å²) in [7, 11) is 0. The normalized spacial score (nSPS) is 13.1. The number of nitrogens with zero attached hydrogens (tertiary/aromatic N) is 3. The second-order valence-corrected chi connectivity index (χ2v) is 8.02. The number of benzene rings is 1. The van der Waals surface area contributed by atoms with Gasteiger partial charge in [0.1, 0.15) is 11.3 Å². The summed E-state index contributed by atoms with van der Waals surface area (Å²) in [6.45, 7) is 0.647. The van der Waals surface area contributed by atoms with Crippen molar-refractivity contribution in [3.63, 3.8) is 0 Å². The average molecular weight is 407 g/mol. The molecule has 0 atom stereocenters. The molecule has 4 aromatic rings. The van der Waals surface area contributed by atoms with Crippen LogP contribution in [0.5, 0.6) is 0 Å². The zero-order valence-corrected chi connectivity index (χ0v) is 16.3. The molecule has 3 aromatic heterocycles. The molecule has 28 heavy (non-hydrogen) atoms. The van der Waals surface area contributed by atoms with Crippen molar-refractivity contribution in [2.45, 2.75) is 16.2 Å². The molecule has 5 rings (SSSR count). The number of H-pyrrole nitrogens is 1. The molecule has 0 fully saturated rings. The van der Waals surface area contributed by atoms with Gasteiger partial charge in [-0.25, -0.2) is 4.98 Å². The lowest BCUT2D eigenvalue weighted by Crippen LogP contribution is -2.29. The molecule has 1 aliphatic rings. The fourth-order valence-corrected chi connectivity index (χ4v) is 4.59. The van der Waals surface area contributed by atoms with Gasteiger partial charge in [-0.2, -0.15) is 0 Å². The van der Waals surface area contributed by atoms with E-state index in [0.29, 0.717) is 22.9 Å². The van der Waals surface area contributed by atoms with Crippen LogP contribution in [-0.2, 0) is 6.42 Å². The summed E-state index contributed by atoms with van der Waals surface area (Å²) >= 11 is 7.55. The molecule has 0 saturated heterocycles. The summed E-state index contributed by atoms with van der Waals surface area (Å²) < 4.78 is 0. The number of halogens is 1. The first-order valence-corrected chi connectivity index (χ1v) is 10.0. The third-order valence-electron chi connectivity index (χ3n) is 4.80. The van der Waals surface area contributed by atoms with Crippen molar-refractivity contribution in [3.8, 4) is 0 Å². The Hall–Kier alpha value is -2.83. The molecule has 1 N–H and O–H groups in total. The monoisotopic (exact) mass is 406 g/mol. The molecule has 138 valence electrons. The number of hydrogen-bond donors (Lipinski definition) is 1. The lowest BCUT2D eigenvalue weighted by atomic mass is 10.2. The Morgan fingerprint density at radius 1 is 1.14 bits per heavy atom. The second kappa shape index (κ2) is 6.96. The molecule has 4 heterocycles. The maximum Gasteiger partial charge on any atom is 0.276 e. The number of aromatic nitrogens is 3. The fraction of sp³-hybridized carbons (Fsp3) is 0.0952. The molecule has 0 radical (unpaired) electrons. The number of aromatic amines is 1. The molecule has 5 nitrogen and oxygen atoms in total. The molecule has 0 spiro atoms. The van der Waals surface area contributed by atoms with Crippen molar-refractivity contribution >= 4 is 46.0 Å². The number of hydrogen-bond acceptors (Lipinski definition) is 4. The Morgan fingerprint density at radius 3 is 2.86 bits per heavy atom. The van der Waals surface area contributed by atoms with Gasteiger partial charge in [-0.1, -0.05) is 23.4 Å². The average Bonchev–Trinajstić information content (AvgIpc) is 3.31. The molecule has 1 aliphatic heterocycles. The molecule has 1 aromatic carbocycles. The summed E-state index contributed by atoms with van der Waals surface area (Å²) in [6.07, 6.45) is 6.08. The highest BCUT2D eigenvalue weighted by Gasteiger charge is 2.29. The largest absolute Gasteiger partial charge is 0.334 e. The van der Waals surface area contributed by atoms with E-state index < -0.39 is 0 Å². The first-order chi connectivity index (χ1) is 13.7. The van der Waals surface area contributed by atoms with E-state index in [-0.39, 0.29) is 5.91 Å². The second-order valence-electron chi connectivity index (χ2n) is 6.50. The Labute approximate surface area is 170 Å². The van der Waals surface area contributed by atoms with Crippen LogP contribution in [0.1, 0.15) is 16.1 Å². The van der Waals surface area contributed by atoms with Gasteiger partial charge in [-0.15, -0.1) is 0 Å². The van der Waals surface area contributed by atoms with Crippen molar-refractivity contribution in [3.05, 3.63) is 77.3 Å². The van der Waals surface area contributed by atoms with E-state index in [2.05, 4.69) is 15.0 Å². The lowest BCUT2D eigenvalue weighted by Gasteiger charge is -2.17. The van der Waals surface area contributed by atoms with Gasteiger partial charge in [0.25, 0.3) is 5.91 Å². The van der Waals surface area contributed by atoms with E-state index in [1.54, 1.807) is 23.5 Å². The fourth-order valence-electron chi connectivity index (χ4n) is 3.44. The molecule has 0 saturated carbocycles. The summed E-state index contributed by atoms with van der Waals surface area (Å²) in [6, 6.07) is 13.4. The number of nitrogens with one attached hydrogen (secondary N) is 1. The van der Waals surface area contributed by atoms with Crippen molar-refractivity contribution in [1.29, 1.82) is 0 Å². The first kappa shape index (κ1) is 17.3. The van der Waals surface area contributed by atoms with Crippen LogP contribution >= 0.6 is 23.4 Å². The molecule has 0 unspecified atom stereocenters. The molecule has 0 bridgehead atoms. The van der Waals surface area contributed by atoms with Gasteiger partial charge in [0.2, 0.25) is 0 Å². The minimum atomic E-state index is -0.0683. The zero-order chi connectivity index (χ0) is 19.1. The Balaban J connectivity index is 1.59. The third-order valence-corrected chi connectivity index (χ3v) is 6.19. The zero-order valence-electron chi connectivity index (χ0n) is 14.7. The number of fused-ring (bicyclic) bond motifs is 2. The summed E-state index contributed by atoms with van der Waals surface area (Å²) in [4.78, 5) is 28.9. The maximum absolute atomic E-state index is 13.4. The summed E-state index contributed by atoms with van der Waals surface area (Å²) in [5, 5.41) is 1.61. The van der Waals surface area contributed by atoms with Gasteiger partial charge in [0.05, 0.1) is 16.8 Å². The quantitative estimate of drug-likeness (QED) is 0.522. The van der Waals surface area contributed by atoms with Gasteiger partial charge in [0, 0.05) is 34.2 Å². The number of pyridine rings is 2. The van der Waals surface area contributed by atoms with Crippen LogP contribution in [0.4, 0.5) is 5.69 Å². The van der Waals surface area contributed by atoms with Crippen LogP contribution in [-0.4, -0.2) is 27.4 Å². The third kappa shape index (κ3) is 2.95. The molecule has 0 aliphatic carbocycles. The predicted octanol–water partition coefficient (Wildman–Crippen LogP) is 4.97. The van der Waals surface area contributed by atoms with Crippen LogP contribution in [0.3, 0.4) is 0 Å². The van der Waals surface area contributed by atoms with Gasteiger partial charge in [-0.3, -0.25) is 9.78 Å². The SMILES string of the molecule is O=C(c1[nH]c2ncccc2c1Sc1ccc(Cl)cc1)N1CCc2ccncc21. The summed E-state index contributed by atoms with van der Waals surface area (Å²) in [5.41, 5.74) is 3.27. The van der Waals surface area contributed by atoms with Crippen molar-refractivity contribution < 1.29 is 4.79 Å². The van der Waals surface area contributed by atoms with Crippen LogP contribution in [0.15, 0.2) is 70.8 Å². The molecule has 7 heteroatoms. The molecular formula is C21H15ClN4OS. The van der Waals surface area contributed by atoms with Crippen LogP contribution < -0.4 is 4.90 Å². The molecular weight excluding hydrogens is 392 g/mol. The van der Waals surface area contributed by atoms with Crippen LogP contribution in [0.2, 0.25) is 5.02 Å². The van der Waals surface area contributed by atoms with E-state index in [1.807, 2.05) is 42.5 Å². The number of carbonyl (C=O) groups is 1. The van der Waals surface area contributed by atoms with E-state index in [0.717, 1.165) is 32.8 Å². The topological polar surface area (TPSA) is 61.9 Å². The van der Waals surface area contributed by atoms with Gasteiger partial charge in [-0.05, 0) is 54.4 Å². The number of amides is 1. The van der Waals surface area contributed by atoms with Gasteiger partial charge < -0.3 is 9.88 Å². The maximum atomic E-state index is 13.4. The number of anilines is 1. The van der Waals surface area contributed by atoms with Crippen molar-refractivity contribution in [2.24, 2.45) is 0 Å². The smallest absolute Gasteiger partial charge is 0.276 e. The number of rotatable bonds is 3. The van der Waals surface area contributed by atoms with Gasteiger partial charge in [0.15, 0.2) is 0 Å². The Bertz CT molecular complexity index is 1190. The molecule has 1 amide bonds. The van der Waals surface area contributed by atoms with Crippen molar-refractivity contribution in [1.82, 2.24) is 15.0 Å². The predicted molar refractivity (Wildman–Crippen MR) is 111 cm³/mol. The minimum Gasteiger partial charge on any atom is -0.334 e. The van der Waals surface area contributed by atoms with E-state index in [4.69, 9.17) is 11.6 Å². The van der Waals surface area contributed by atoms with Crippen molar-refractivity contribution in [2.75, 3.05) is 11.4 Å². The summed E-state index contributed by atoms with van der Waals surface area (Å²) in [5.74, 6) is -0.0683. The lowest BCUT2D eigenvalue weighted by molar-refractivity contribution is 0.0982. The Morgan fingerprint density at radius 2 is 2.00 bits per heavy atom. The highest BCUT2D eigenvalue weighted by molar-refractivity contribution is 7.99. The van der Waals surface area contributed by atoms with E-state index in [9.17, 15) is 4.79 Å². The van der Waals surface area contributed by atoms with Crippen LogP contribution in [0.25, 0.3) is 11.0 Å².